The van der Waals surface area contributed by atoms with E-state index < -0.39 is 0 Å². The third kappa shape index (κ3) is 3.47. The fourth-order valence-electron chi connectivity index (χ4n) is 2.10. The molecule has 1 heterocycles. The maximum atomic E-state index is 12.0. The largest absolute Gasteiger partial charge is 0.376 e. The number of benzene rings is 1. The lowest BCUT2D eigenvalue weighted by Gasteiger charge is -2.32. The molecule has 0 aromatic heterocycles. The highest BCUT2D eigenvalue weighted by atomic mass is 16.2. The summed E-state index contributed by atoms with van der Waals surface area (Å²) >= 11 is 0. The first-order chi connectivity index (χ1) is 8.65. The Labute approximate surface area is 109 Å². The Hall–Kier alpha value is -1.55. The van der Waals surface area contributed by atoms with Crippen molar-refractivity contribution >= 4 is 11.6 Å². The van der Waals surface area contributed by atoms with Crippen LogP contribution >= 0.6 is 0 Å². The second-order valence-electron chi connectivity index (χ2n) is 4.91. The van der Waals surface area contributed by atoms with Gasteiger partial charge in [0.2, 0.25) is 5.91 Å². The van der Waals surface area contributed by atoms with Gasteiger partial charge in [-0.15, -0.1) is 0 Å². The van der Waals surface area contributed by atoms with E-state index in [1.165, 1.54) is 5.56 Å². The molecule has 0 bridgehead atoms. The molecule has 98 valence electrons. The quantitative estimate of drug-likeness (QED) is 0.871. The number of carbonyl (C=O) groups is 1. The predicted octanol–water partition coefficient (Wildman–Crippen LogP) is 1.18. The number of nitrogens with one attached hydrogen (secondary N) is 1. The molecule has 0 spiro atoms. The van der Waals surface area contributed by atoms with E-state index in [4.69, 9.17) is 0 Å². The first kappa shape index (κ1) is 12.9. The van der Waals surface area contributed by atoms with Crippen molar-refractivity contribution in [1.29, 1.82) is 0 Å². The fourth-order valence-corrected chi connectivity index (χ4v) is 2.10. The average molecular weight is 247 g/mol. The van der Waals surface area contributed by atoms with Gasteiger partial charge in [0.1, 0.15) is 0 Å². The first-order valence-corrected chi connectivity index (χ1v) is 6.42. The van der Waals surface area contributed by atoms with Crippen molar-refractivity contribution in [2.45, 2.75) is 6.92 Å². The van der Waals surface area contributed by atoms with E-state index in [9.17, 15) is 4.79 Å². The second-order valence-corrected chi connectivity index (χ2v) is 4.91. The molecule has 0 radical (unpaired) electrons. The van der Waals surface area contributed by atoms with E-state index in [0.29, 0.717) is 6.54 Å². The van der Waals surface area contributed by atoms with Gasteiger partial charge in [-0.1, -0.05) is 12.1 Å². The molecule has 4 nitrogen and oxygen atoms in total. The molecular weight excluding hydrogens is 226 g/mol. The van der Waals surface area contributed by atoms with E-state index in [2.05, 4.69) is 23.3 Å². The fraction of sp³-hybridized carbons (Fsp3) is 0.500. The van der Waals surface area contributed by atoms with Crippen molar-refractivity contribution in [2.24, 2.45) is 0 Å². The molecule has 1 aromatic carbocycles. The minimum absolute atomic E-state index is 0.185. The zero-order chi connectivity index (χ0) is 13.0. The minimum atomic E-state index is 0.185. The third-order valence-electron chi connectivity index (χ3n) is 3.32. The standard InChI is InChI=1S/C14H21N3O/c1-12-4-3-5-13(10-12)15-11-14(18)17-8-6-16(2)7-9-17/h3-5,10,15H,6-9,11H2,1-2H3. The molecule has 1 aliphatic rings. The highest BCUT2D eigenvalue weighted by Crippen LogP contribution is 2.09. The topological polar surface area (TPSA) is 35.6 Å². The Morgan fingerprint density at radius 1 is 1.28 bits per heavy atom. The molecule has 1 fully saturated rings. The summed E-state index contributed by atoms with van der Waals surface area (Å²) in [6.45, 7) is 6.04. The van der Waals surface area contributed by atoms with Crippen LogP contribution in [0.4, 0.5) is 5.69 Å². The number of likely N-dealkylation sites (N-methyl/N-ethyl adjacent to an activating group) is 1. The summed E-state index contributed by atoms with van der Waals surface area (Å²) in [4.78, 5) is 16.2. The number of nitrogens with zero attached hydrogens (tertiary/aromatic N) is 2. The predicted molar refractivity (Wildman–Crippen MR) is 73.7 cm³/mol. The van der Waals surface area contributed by atoms with Gasteiger partial charge in [0, 0.05) is 31.9 Å². The van der Waals surface area contributed by atoms with Crippen LogP contribution < -0.4 is 5.32 Å². The number of hydrogen-bond acceptors (Lipinski definition) is 3. The molecule has 4 heteroatoms. The highest BCUT2D eigenvalue weighted by molar-refractivity contribution is 5.81. The lowest BCUT2D eigenvalue weighted by Crippen LogP contribution is -2.48. The summed E-state index contributed by atoms with van der Waals surface area (Å²) in [7, 11) is 2.09. The van der Waals surface area contributed by atoms with Gasteiger partial charge in [-0.25, -0.2) is 0 Å². The van der Waals surface area contributed by atoms with Gasteiger partial charge in [-0.2, -0.15) is 0 Å². The number of aryl methyl sites for hydroxylation is 1. The molecule has 1 amide bonds. The number of rotatable bonds is 3. The van der Waals surface area contributed by atoms with Crippen LogP contribution in [0.15, 0.2) is 24.3 Å². The molecule has 0 aliphatic carbocycles. The molecule has 18 heavy (non-hydrogen) atoms. The summed E-state index contributed by atoms with van der Waals surface area (Å²) < 4.78 is 0. The van der Waals surface area contributed by atoms with Crippen molar-refractivity contribution in [1.82, 2.24) is 9.80 Å². The normalized spacial score (nSPS) is 16.7. The highest BCUT2D eigenvalue weighted by Gasteiger charge is 2.18. The number of amides is 1. The monoisotopic (exact) mass is 247 g/mol. The smallest absolute Gasteiger partial charge is 0.241 e. The van der Waals surface area contributed by atoms with E-state index in [-0.39, 0.29) is 5.91 Å². The Balaban J connectivity index is 1.81. The summed E-state index contributed by atoms with van der Waals surface area (Å²) in [5, 5.41) is 3.19. The summed E-state index contributed by atoms with van der Waals surface area (Å²) in [6, 6.07) is 8.09. The zero-order valence-electron chi connectivity index (χ0n) is 11.1. The summed E-state index contributed by atoms with van der Waals surface area (Å²) in [6.07, 6.45) is 0. The molecular formula is C14H21N3O. The number of hydrogen-bond donors (Lipinski definition) is 1. The lowest BCUT2D eigenvalue weighted by molar-refractivity contribution is -0.130. The van der Waals surface area contributed by atoms with Gasteiger partial charge in [0.25, 0.3) is 0 Å². The van der Waals surface area contributed by atoms with Crippen LogP contribution in [0.1, 0.15) is 5.56 Å². The minimum Gasteiger partial charge on any atom is -0.376 e. The van der Waals surface area contributed by atoms with Crippen molar-refractivity contribution in [3.05, 3.63) is 29.8 Å². The van der Waals surface area contributed by atoms with Crippen LogP contribution in [0.25, 0.3) is 0 Å². The molecule has 1 aromatic rings. The Morgan fingerprint density at radius 3 is 2.67 bits per heavy atom. The molecule has 1 N–H and O–H groups in total. The summed E-state index contributed by atoms with van der Waals surface area (Å²) in [5.74, 6) is 0.185. The Morgan fingerprint density at radius 2 is 2.00 bits per heavy atom. The second kappa shape index (κ2) is 5.87. The van der Waals surface area contributed by atoms with Crippen LogP contribution in [0.2, 0.25) is 0 Å². The van der Waals surface area contributed by atoms with Gasteiger partial charge in [-0.3, -0.25) is 4.79 Å². The van der Waals surface area contributed by atoms with Crippen molar-refractivity contribution in [2.75, 3.05) is 45.1 Å². The van der Waals surface area contributed by atoms with E-state index in [1.807, 2.05) is 30.0 Å². The maximum absolute atomic E-state index is 12.0. The van der Waals surface area contributed by atoms with Gasteiger partial charge in [0.15, 0.2) is 0 Å². The first-order valence-electron chi connectivity index (χ1n) is 6.42. The van der Waals surface area contributed by atoms with Gasteiger partial charge >= 0.3 is 0 Å². The van der Waals surface area contributed by atoms with Crippen LogP contribution in [0.5, 0.6) is 0 Å². The molecule has 2 rings (SSSR count). The molecule has 0 atom stereocenters. The zero-order valence-corrected chi connectivity index (χ0v) is 11.1. The maximum Gasteiger partial charge on any atom is 0.241 e. The van der Waals surface area contributed by atoms with Gasteiger partial charge < -0.3 is 15.1 Å². The van der Waals surface area contributed by atoms with Crippen LogP contribution in [0.3, 0.4) is 0 Å². The van der Waals surface area contributed by atoms with Crippen molar-refractivity contribution in [3.8, 4) is 0 Å². The lowest BCUT2D eigenvalue weighted by atomic mass is 10.2. The molecule has 0 saturated carbocycles. The average Bonchev–Trinajstić information content (AvgIpc) is 2.37. The van der Waals surface area contributed by atoms with E-state index in [0.717, 1.165) is 31.9 Å². The van der Waals surface area contributed by atoms with Crippen LogP contribution in [0, 0.1) is 6.92 Å². The molecule has 0 unspecified atom stereocenters. The van der Waals surface area contributed by atoms with Gasteiger partial charge in [-0.05, 0) is 31.7 Å². The van der Waals surface area contributed by atoms with Crippen LogP contribution in [-0.2, 0) is 4.79 Å². The van der Waals surface area contributed by atoms with Crippen molar-refractivity contribution < 1.29 is 4.79 Å². The number of carbonyl (C=O) groups excluding carboxylic acids is 1. The summed E-state index contributed by atoms with van der Waals surface area (Å²) in [5.41, 5.74) is 2.21. The van der Waals surface area contributed by atoms with E-state index >= 15 is 0 Å². The Kier molecular flexibility index (Phi) is 4.20. The van der Waals surface area contributed by atoms with E-state index in [1.54, 1.807) is 0 Å². The number of piperazine rings is 1. The SMILES string of the molecule is Cc1cccc(NCC(=O)N2CCN(C)CC2)c1. The Bertz CT molecular complexity index is 411. The van der Waals surface area contributed by atoms with Crippen LogP contribution in [-0.4, -0.2) is 55.5 Å². The third-order valence-corrected chi connectivity index (χ3v) is 3.32. The van der Waals surface area contributed by atoms with Crippen molar-refractivity contribution in [3.63, 3.8) is 0 Å². The number of anilines is 1. The molecule has 1 saturated heterocycles. The molecule has 1 aliphatic heterocycles. The van der Waals surface area contributed by atoms with Gasteiger partial charge in [0.05, 0.1) is 6.54 Å².